The molecule has 0 atom stereocenters. The first-order chi connectivity index (χ1) is 27.7. The SMILES string of the molecule is N#Cc1ccc(-n2c3ccccc3c3cccc(-c4ccccc4-c4ccccc4-c4ccc5c(c4)c4cc(C#N)ccc4n5-c4ccccc4C#N)c32)cc1. The lowest BCUT2D eigenvalue weighted by Crippen LogP contribution is -1.97. The zero-order valence-corrected chi connectivity index (χ0v) is 30.0. The van der Waals surface area contributed by atoms with E-state index in [0.29, 0.717) is 16.7 Å². The minimum absolute atomic E-state index is 0.579. The normalized spacial score (nSPS) is 11.2. The zero-order valence-electron chi connectivity index (χ0n) is 30.0. The molecule has 5 heteroatoms. The lowest BCUT2D eigenvalue weighted by Gasteiger charge is -2.17. The van der Waals surface area contributed by atoms with Crippen molar-refractivity contribution >= 4 is 43.6 Å². The summed E-state index contributed by atoms with van der Waals surface area (Å²) in [6, 6.07) is 66.8. The van der Waals surface area contributed by atoms with Gasteiger partial charge in [0.15, 0.2) is 0 Å². The van der Waals surface area contributed by atoms with Crippen LogP contribution in [0.3, 0.4) is 0 Å². The van der Waals surface area contributed by atoms with Gasteiger partial charge in [-0.3, -0.25) is 0 Å². The van der Waals surface area contributed by atoms with Crippen LogP contribution < -0.4 is 0 Å². The first kappa shape index (κ1) is 32.5. The third kappa shape index (κ3) is 4.99. The number of benzene rings is 8. The molecule has 0 aliphatic carbocycles. The zero-order chi connectivity index (χ0) is 37.8. The van der Waals surface area contributed by atoms with Crippen LogP contribution in [0.5, 0.6) is 0 Å². The highest BCUT2D eigenvalue weighted by molar-refractivity contribution is 6.15. The Morgan fingerprint density at radius 3 is 1.66 bits per heavy atom. The van der Waals surface area contributed by atoms with E-state index >= 15 is 0 Å². The first-order valence-corrected chi connectivity index (χ1v) is 18.4. The maximum Gasteiger partial charge on any atom is 0.101 e. The summed E-state index contributed by atoms with van der Waals surface area (Å²) in [5.74, 6) is 0. The van der Waals surface area contributed by atoms with Gasteiger partial charge in [0, 0.05) is 32.8 Å². The second-order valence-corrected chi connectivity index (χ2v) is 13.8. The minimum atomic E-state index is 0.579. The van der Waals surface area contributed by atoms with E-state index in [-0.39, 0.29) is 0 Å². The predicted octanol–water partition coefficient (Wildman–Crippen LogP) is 12.5. The Morgan fingerprint density at radius 2 is 0.911 bits per heavy atom. The number of nitrogens with zero attached hydrogens (tertiary/aromatic N) is 5. The largest absolute Gasteiger partial charge is 0.309 e. The van der Waals surface area contributed by atoms with Crippen LogP contribution in [0, 0.1) is 34.0 Å². The number of rotatable bonds is 5. The Bertz CT molecular complexity index is 3340. The number of hydrogen-bond acceptors (Lipinski definition) is 3. The van der Waals surface area contributed by atoms with E-state index in [9.17, 15) is 15.8 Å². The molecule has 0 unspecified atom stereocenters. The quantitative estimate of drug-likeness (QED) is 0.178. The monoisotopic (exact) mass is 711 g/mol. The molecule has 2 aromatic heterocycles. The molecule has 0 saturated carbocycles. The van der Waals surface area contributed by atoms with Crippen molar-refractivity contribution in [1.82, 2.24) is 9.13 Å². The van der Waals surface area contributed by atoms with Crippen molar-refractivity contribution in [3.63, 3.8) is 0 Å². The fourth-order valence-corrected chi connectivity index (χ4v) is 8.39. The van der Waals surface area contributed by atoms with Crippen molar-refractivity contribution in [2.45, 2.75) is 0 Å². The Kier molecular flexibility index (Phi) is 7.57. The number of para-hydroxylation sites is 3. The molecule has 5 nitrogen and oxygen atoms in total. The van der Waals surface area contributed by atoms with E-state index in [1.165, 1.54) is 0 Å². The van der Waals surface area contributed by atoms with Gasteiger partial charge in [0.25, 0.3) is 0 Å². The summed E-state index contributed by atoms with van der Waals surface area (Å²) in [6.07, 6.45) is 0. The molecule has 0 spiro atoms. The van der Waals surface area contributed by atoms with Crippen LogP contribution in [0.15, 0.2) is 176 Å². The van der Waals surface area contributed by atoms with Gasteiger partial charge in [0.1, 0.15) is 6.07 Å². The second-order valence-electron chi connectivity index (χ2n) is 13.8. The lowest BCUT2D eigenvalue weighted by atomic mass is 9.88. The molecule has 10 rings (SSSR count). The van der Waals surface area contributed by atoms with Gasteiger partial charge in [-0.05, 0) is 101 Å². The molecule has 8 aromatic carbocycles. The maximum atomic E-state index is 10.0. The topological polar surface area (TPSA) is 81.2 Å². The molecule has 0 N–H and O–H groups in total. The van der Waals surface area contributed by atoms with Crippen molar-refractivity contribution in [2.75, 3.05) is 0 Å². The van der Waals surface area contributed by atoms with Crippen LogP contribution >= 0.6 is 0 Å². The Hall–Kier alpha value is -8.17. The standard InChI is InChI=1S/C51H29N5/c52-30-33-20-24-37(25-21-33)55-48-19-8-6-15-42(48)44-17-9-16-43(51(44)55)41-14-5-4-13-40(41)39-12-3-2-11-38(39)35-23-27-50-46(29-35)45-28-34(31-53)22-26-49(45)56(50)47-18-7-1-10-36(47)32-54/h1-29H. The number of nitriles is 3. The van der Waals surface area contributed by atoms with Crippen molar-refractivity contribution < 1.29 is 0 Å². The summed E-state index contributed by atoms with van der Waals surface area (Å²) < 4.78 is 4.44. The average molecular weight is 712 g/mol. The van der Waals surface area contributed by atoms with Gasteiger partial charge < -0.3 is 9.13 Å². The van der Waals surface area contributed by atoms with E-state index in [2.05, 4.69) is 137 Å². The smallest absolute Gasteiger partial charge is 0.101 e. The third-order valence-electron chi connectivity index (χ3n) is 10.9. The summed E-state index contributed by atoms with van der Waals surface area (Å²) in [6.45, 7) is 0. The second kappa shape index (κ2) is 13.0. The Balaban J connectivity index is 1.20. The minimum Gasteiger partial charge on any atom is -0.309 e. The number of fused-ring (bicyclic) bond motifs is 6. The van der Waals surface area contributed by atoms with Gasteiger partial charge in [0.2, 0.25) is 0 Å². The van der Waals surface area contributed by atoms with Crippen LogP contribution in [-0.2, 0) is 0 Å². The maximum absolute atomic E-state index is 10.0. The van der Waals surface area contributed by atoms with Gasteiger partial charge in [-0.15, -0.1) is 0 Å². The summed E-state index contributed by atoms with van der Waals surface area (Å²) in [4.78, 5) is 0. The molecule has 0 aliphatic rings. The van der Waals surface area contributed by atoms with Gasteiger partial charge in [0.05, 0.1) is 56.6 Å². The first-order valence-electron chi connectivity index (χ1n) is 18.4. The third-order valence-corrected chi connectivity index (χ3v) is 10.9. The fourth-order valence-electron chi connectivity index (χ4n) is 8.39. The summed E-state index contributed by atoms with van der Waals surface area (Å²) >= 11 is 0. The Morgan fingerprint density at radius 1 is 0.357 bits per heavy atom. The molecular formula is C51H29N5. The van der Waals surface area contributed by atoms with E-state index in [1.54, 1.807) is 0 Å². The molecule has 0 radical (unpaired) electrons. The van der Waals surface area contributed by atoms with Crippen LogP contribution in [-0.4, -0.2) is 9.13 Å². The Labute approximate surface area is 323 Å². The lowest BCUT2D eigenvalue weighted by molar-refractivity contribution is 1.17. The molecule has 56 heavy (non-hydrogen) atoms. The molecule has 0 amide bonds. The van der Waals surface area contributed by atoms with E-state index in [4.69, 9.17) is 0 Å². The molecule has 2 heterocycles. The van der Waals surface area contributed by atoms with Gasteiger partial charge >= 0.3 is 0 Å². The molecule has 0 bridgehead atoms. The summed E-state index contributed by atoms with van der Waals surface area (Å²) in [7, 11) is 0. The van der Waals surface area contributed by atoms with Crippen molar-refractivity contribution in [3.05, 3.63) is 193 Å². The van der Waals surface area contributed by atoms with Crippen LogP contribution in [0.1, 0.15) is 16.7 Å². The molecule has 10 aromatic rings. The van der Waals surface area contributed by atoms with Crippen LogP contribution in [0.25, 0.3) is 88.4 Å². The van der Waals surface area contributed by atoms with Crippen LogP contribution in [0.4, 0.5) is 0 Å². The fraction of sp³-hybridized carbons (Fsp3) is 0. The van der Waals surface area contributed by atoms with Crippen molar-refractivity contribution in [3.8, 4) is 63.0 Å². The van der Waals surface area contributed by atoms with E-state index < -0.39 is 0 Å². The highest BCUT2D eigenvalue weighted by atomic mass is 15.0. The van der Waals surface area contributed by atoms with Crippen molar-refractivity contribution in [1.29, 1.82) is 15.8 Å². The van der Waals surface area contributed by atoms with E-state index in [0.717, 1.165) is 88.4 Å². The van der Waals surface area contributed by atoms with Gasteiger partial charge in [-0.1, -0.05) is 103 Å². The van der Waals surface area contributed by atoms with Gasteiger partial charge in [-0.2, -0.15) is 15.8 Å². The number of aromatic nitrogens is 2. The average Bonchev–Trinajstić information content (AvgIpc) is 3.78. The molecule has 0 saturated heterocycles. The molecular weight excluding hydrogens is 683 g/mol. The molecule has 0 aliphatic heterocycles. The summed E-state index contributed by atoms with van der Waals surface area (Å²) in [5, 5.41) is 33.8. The summed E-state index contributed by atoms with van der Waals surface area (Å²) in [5.41, 5.74) is 14.2. The highest BCUT2D eigenvalue weighted by Gasteiger charge is 2.21. The molecule has 258 valence electrons. The highest BCUT2D eigenvalue weighted by Crippen LogP contribution is 2.44. The van der Waals surface area contributed by atoms with Crippen LogP contribution in [0.2, 0.25) is 0 Å². The molecule has 0 fully saturated rings. The van der Waals surface area contributed by atoms with Gasteiger partial charge in [-0.25, -0.2) is 0 Å². The van der Waals surface area contributed by atoms with E-state index in [1.807, 2.05) is 66.7 Å². The predicted molar refractivity (Wildman–Crippen MR) is 226 cm³/mol. The van der Waals surface area contributed by atoms with Crippen molar-refractivity contribution in [2.24, 2.45) is 0 Å². The number of hydrogen-bond donors (Lipinski definition) is 0.